The summed E-state index contributed by atoms with van der Waals surface area (Å²) in [5, 5.41) is 23.3. The topological polar surface area (TPSA) is 172 Å². The molecule has 0 saturated carbocycles. The summed E-state index contributed by atoms with van der Waals surface area (Å²) < 4.78 is 11.0. The number of hydrogen-bond acceptors (Lipinski definition) is 9. The number of allylic oxidation sites excluding steroid dienone is 2. The molecule has 0 aromatic heterocycles. The van der Waals surface area contributed by atoms with E-state index in [1.807, 2.05) is 6.07 Å². The molecule has 0 saturated heterocycles. The number of non-ortho nitro benzene ring substituents is 1. The fraction of sp³-hybridized carbons (Fsp3) is 0.409. The number of hydrogen-bond donors (Lipinski definition) is 0. The fourth-order valence-electron chi connectivity index (χ4n) is 3.40. The molecule has 1 aromatic rings. The zero-order chi connectivity index (χ0) is 25.1. The van der Waals surface area contributed by atoms with Crippen molar-refractivity contribution < 1.29 is 24.0 Å². The molecule has 12 heteroatoms. The molecular formula is C22H24N6O6. The zero-order valence-corrected chi connectivity index (χ0v) is 18.9. The molecule has 0 atom stereocenters. The Hall–Kier alpha value is -4.20. The molecular weight excluding hydrogens is 444 g/mol. The maximum absolute atomic E-state index is 12.9. The summed E-state index contributed by atoms with van der Waals surface area (Å²) in [6.45, 7) is 3.47. The van der Waals surface area contributed by atoms with Gasteiger partial charge in [0.25, 0.3) is 5.69 Å². The molecule has 1 heterocycles. The van der Waals surface area contributed by atoms with Gasteiger partial charge in [-0.15, -0.1) is 0 Å². The highest BCUT2D eigenvalue weighted by Crippen LogP contribution is 2.36. The van der Waals surface area contributed by atoms with Gasteiger partial charge in [0, 0.05) is 53.6 Å². The van der Waals surface area contributed by atoms with Crippen molar-refractivity contribution in [3.63, 3.8) is 0 Å². The number of benzene rings is 1. The van der Waals surface area contributed by atoms with Crippen molar-refractivity contribution in [2.45, 2.75) is 33.1 Å². The SMILES string of the molecule is CC(=O)C1=C(C)N(c2ccc([N+](=O)[O-])cc2)C(COCCCN=[N+]=[N-])=C(C(=O)OCCC#N)C1. The van der Waals surface area contributed by atoms with Crippen molar-refractivity contribution in [3.05, 3.63) is 67.4 Å². The molecule has 0 amide bonds. The number of esters is 1. The van der Waals surface area contributed by atoms with Gasteiger partial charge in [-0.2, -0.15) is 5.26 Å². The quantitative estimate of drug-likeness (QED) is 0.0838. The predicted octanol–water partition coefficient (Wildman–Crippen LogP) is 4.10. The Morgan fingerprint density at radius 2 is 2.00 bits per heavy atom. The second-order valence-electron chi connectivity index (χ2n) is 7.24. The maximum atomic E-state index is 12.9. The van der Waals surface area contributed by atoms with E-state index in [-0.39, 0.29) is 56.3 Å². The van der Waals surface area contributed by atoms with Gasteiger partial charge in [-0.1, -0.05) is 5.11 Å². The summed E-state index contributed by atoms with van der Waals surface area (Å²) in [5.74, 6) is -0.915. The van der Waals surface area contributed by atoms with E-state index < -0.39 is 10.9 Å². The van der Waals surface area contributed by atoms with E-state index in [9.17, 15) is 19.7 Å². The van der Waals surface area contributed by atoms with Crippen LogP contribution >= 0.6 is 0 Å². The Morgan fingerprint density at radius 1 is 1.29 bits per heavy atom. The Labute approximate surface area is 195 Å². The summed E-state index contributed by atoms with van der Waals surface area (Å²) in [5.41, 5.74) is 10.3. The number of nitro benzene ring substituents is 1. The molecule has 0 unspecified atom stereocenters. The Kier molecular flexibility index (Phi) is 9.76. The minimum Gasteiger partial charge on any atom is -0.461 e. The first-order valence-electron chi connectivity index (χ1n) is 10.4. The minimum atomic E-state index is -0.680. The van der Waals surface area contributed by atoms with Crippen LogP contribution in [0.2, 0.25) is 0 Å². The van der Waals surface area contributed by atoms with Crippen LogP contribution in [0.3, 0.4) is 0 Å². The number of ketones is 1. The number of nitrogens with zero attached hydrogens (tertiary/aromatic N) is 6. The van der Waals surface area contributed by atoms with Crippen molar-refractivity contribution in [1.29, 1.82) is 5.26 Å². The lowest BCUT2D eigenvalue weighted by Crippen LogP contribution is -2.33. The standard InChI is InChI=1S/C22H24N6O6/c1-15-19(16(2)29)13-20(22(30)34-12-3-9-23)21(14-33-11-4-10-25-26-24)27(15)17-5-7-18(8-6-17)28(31)32/h5-8H,3-4,10-14H2,1-2H3. The maximum Gasteiger partial charge on any atom is 0.336 e. The number of Topliss-reactive ketones (excluding diaryl/α,β-unsaturated/α-hetero) is 1. The molecule has 12 nitrogen and oxygen atoms in total. The van der Waals surface area contributed by atoms with E-state index in [0.717, 1.165) is 0 Å². The smallest absolute Gasteiger partial charge is 0.336 e. The van der Waals surface area contributed by atoms with Gasteiger partial charge >= 0.3 is 5.97 Å². The van der Waals surface area contributed by atoms with E-state index in [2.05, 4.69) is 10.0 Å². The summed E-state index contributed by atoms with van der Waals surface area (Å²) in [4.78, 5) is 40.1. The van der Waals surface area contributed by atoms with E-state index >= 15 is 0 Å². The highest BCUT2D eigenvalue weighted by Gasteiger charge is 2.32. The molecule has 178 valence electrons. The highest BCUT2D eigenvalue weighted by molar-refractivity contribution is 6.00. The second-order valence-corrected chi connectivity index (χ2v) is 7.24. The first kappa shape index (κ1) is 26.1. The van der Waals surface area contributed by atoms with Crippen LogP contribution < -0.4 is 4.90 Å². The highest BCUT2D eigenvalue weighted by atomic mass is 16.6. The van der Waals surface area contributed by atoms with Gasteiger partial charge in [0.15, 0.2) is 5.78 Å². The third-order valence-electron chi connectivity index (χ3n) is 5.03. The number of azide groups is 1. The van der Waals surface area contributed by atoms with Crippen LogP contribution in [-0.2, 0) is 19.1 Å². The first-order chi connectivity index (χ1) is 16.3. The second kappa shape index (κ2) is 12.7. The van der Waals surface area contributed by atoms with Gasteiger partial charge in [-0.05, 0) is 37.9 Å². The molecule has 0 radical (unpaired) electrons. The van der Waals surface area contributed by atoms with Crippen molar-refractivity contribution >= 4 is 23.1 Å². The third-order valence-corrected chi connectivity index (χ3v) is 5.03. The van der Waals surface area contributed by atoms with Gasteiger partial charge < -0.3 is 14.4 Å². The molecule has 0 bridgehead atoms. The number of anilines is 1. The van der Waals surface area contributed by atoms with Crippen LogP contribution in [0.1, 0.15) is 33.1 Å². The average molecular weight is 468 g/mol. The van der Waals surface area contributed by atoms with Crippen LogP contribution in [0.4, 0.5) is 11.4 Å². The minimum absolute atomic E-state index is 0.0186. The molecule has 1 aliphatic rings. The van der Waals surface area contributed by atoms with Crippen molar-refractivity contribution in [2.75, 3.05) is 31.3 Å². The summed E-state index contributed by atoms with van der Waals surface area (Å²) in [6, 6.07) is 7.59. The lowest BCUT2D eigenvalue weighted by atomic mass is 9.93. The molecule has 1 aliphatic heterocycles. The van der Waals surface area contributed by atoms with Gasteiger partial charge in [-0.25, -0.2) is 4.79 Å². The van der Waals surface area contributed by atoms with Gasteiger partial charge in [0.2, 0.25) is 0 Å². The molecule has 2 rings (SSSR count). The molecule has 0 spiro atoms. The number of carbonyl (C=O) groups is 2. The Bertz CT molecular complexity index is 1100. The number of nitriles is 1. The van der Waals surface area contributed by atoms with Crippen LogP contribution in [0, 0.1) is 21.4 Å². The monoisotopic (exact) mass is 468 g/mol. The van der Waals surface area contributed by atoms with Crippen LogP contribution in [0.5, 0.6) is 0 Å². The molecule has 1 aromatic carbocycles. The largest absolute Gasteiger partial charge is 0.461 e. The van der Waals surface area contributed by atoms with Crippen LogP contribution in [0.25, 0.3) is 10.4 Å². The van der Waals surface area contributed by atoms with E-state index in [0.29, 0.717) is 29.1 Å². The lowest BCUT2D eigenvalue weighted by molar-refractivity contribution is -0.384. The van der Waals surface area contributed by atoms with Gasteiger partial charge in [0.1, 0.15) is 6.61 Å². The lowest BCUT2D eigenvalue weighted by Gasteiger charge is -2.35. The Balaban J connectivity index is 2.49. The van der Waals surface area contributed by atoms with Gasteiger partial charge in [-0.3, -0.25) is 14.9 Å². The molecule has 0 fully saturated rings. The van der Waals surface area contributed by atoms with E-state index in [1.54, 1.807) is 11.8 Å². The average Bonchev–Trinajstić information content (AvgIpc) is 2.81. The summed E-state index contributed by atoms with van der Waals surface area (Å²) >= 11 is 0. The predicted molar refractivity (Wildman–Crippen MR) is 121 cm³/mol. The Morgan fingerprint density at radius 3 is 2.59 bits per heavy atom. The zero-order valence-electron chi connectivity index (χ0n) is 18.9. The fourth-order valence-corrected chi connectivity index (χ4v) is 3.40. The van der Waals surface area contributed by atoms with Crippen LogP contribution in [-0.4, -0.2) is 43.0 Å². The molecule has 0 aliphatic carbocycles. The summed E-state index contributed by atoms with van der Waals surface area (Å²) in [6.07, 6.45) is 0.503. The van der Waals surface area contributed by atoms with Gasteiger partial charge in [0.05, 0.1) is 35.3 Å². The van der Waals surface area contributed by atoms with Crippen molar-refractivity contribution in [1.82, 2.24) is 0 Å². The number of ether oxygens (including phenoxy) is 2. The van der Waals surface area contributed by atoms with E-state index in [4.69, 9.17) is 20.3 Å². The van der Waals surface area contributed by atoms with Crippen molar-refractivity contribution in [3.8, 4) is 6.07 Å². The van der Waals surface area contributed by atoms with Crippen LogP contribution in [0.15, 0.2) is 51.9 Å². The first-order valence-corrected chi connectivity index (χ1v) is 10.4. The molecule has 34 heavy (non-hydrogen) atoms. The van der Waals surface area contributed by atoms with Crippen molar-refractivity contribution in [2.24, 2.45) is 5.11 Å². The summed E-state index contributed by atoms with van der Waals surface area (Å²) in [7, 11) is 0. The number of rotatable bonds is 12. The number of nitro groups is 1. The van der Waals surface area contributed by atoms with E-state index in [1.165, 1.54) is 31.2 Å². The third kappa shape index (κ3) is 6.65. The normalized spacial score (nSPS) is 13.3. The number of carbonyl (C=O) groups excluding carboxylic acids is 2. The molecule has 0 N–H and O–H groups in total.